The first-order valence-corrected chi connectivity index (χ1v) is 11.2. The molecule has 1 heterocycles. The van der Waals surface area contributed by atoms with Gasteiger partial charge in [-0.15, -0.1) is 10.2 Å². The third-order valence-electron chi connectivity index (χ3n) is 4.27. The predicted octanol–water partition coefficient (Wildman–Crippen LogP) is 5.10. The Kier molecular flexibility index (Phi) is 7.55. The number of halogens is 1. The Morgan fingerprint density at radius 2 is 1.80 bits per heavy atom. The maximum absolute atomic E-state index is 12.4. The standard InChI is InChI=1S/C22H24BrN3O3S/c1-4-28-20(27)22(2,3)30-21-25-24-19(15-29-18-12-10-17(23)11-13-18)26(21)14-16-8-6-5-7-9-16/h5-13H,4,14-15H2,1-3H3. The van der Waals surface area contributed by atoms with Crippen molar-refractivity contribution in [3.05, 3.63) is 70.5 Å². The Balaban J connectivity index is 1.84. The molecule has 0 saturated heterocycles. The molecule has 0 aliphatic heterocycles. The van der Waals surface area contributed by atoms with Crippen molar-refractivity contribution in [3.8, 4) is 5.75 Å². The van der Waals surface area contributed by atoms with E-state index in [2.05, 4.69) is 26.1 Å². The Labute approximate surface area is 189 Å². The first kappa shape index (κ1) is 22.4. The van der Waals surface area contributed by atoms with Crippen LogP contribution in [-0.4, -0.2) is 32.1 Å². The molecule has 0 aliphatic rings. The molecule has 0 N–H and O–H groups in total. The number of benzene rings is 2. The van der Waals surface area contributed by atoms with E-state index in [1.165, 1.54) is 11.8 Å². The zero-order valence-corrected chi connectivity index (χ0v) is 19.6. The van der Waals surface area contributed by atoms with Crippen molar-refractivity contribution in [3.63, 3.8) is 0 Å². The van der Waals surface area contributed by atoms with Gasteiger partial charge in [0, 0.05) is 4.47 Å². The van der Waals surface area contributed by atoms with Gasteiger partial charge in [0.1, 0.15) is 17.1 Å². The molecule has 0 bridgehead atoms. The van der Waals surface area contributed by atoms with Gasteiger partial charge in [-0.1, -0.05) is 58.0 Å². The number of hydrogen-bond acceptors (Lipinski definition) is 6. The largest absolute Gasteiger partial charge is 0.486 e. The van der Waals surface area contributed by atoms with E-state index in [-0.39, 0.29) is 12.6 Å². The second kappa shape index (κ2) is 10.1. The molecular formula is C22H24BrN3O3S. The molecule has 0 aliphatic carbocycles. The zero-order valence-electron chi connectivity index (χ0n) is 17.2. The van der Waals surface area contributed by atoms with Gasteiger partial charge in [0.25, 0.3) is 0 Å². The van der Waals surface area contributed by atoms with Crippen molar-refractivity contribution in [1.29, 1.82) is 0 Å². The van der Waals surface area contributed by atoms with Crippen molar-refractivity contribution < 1.29 is 14.3 Å². The van der Waals surface area contributed by atoms with Gasteiger partial charge >= 0.3 is 5.97 Å². The molecule has 6 nitrogen and oxygen atoms in total. The van der Waals surface area contributed by atoms with Crippen LogP contribution in [0.1, 0.15) is 32.2 Å². The fraction of sp³-hybridized carbons (Fsp3) is 0.318. The number of ether oxygens (including phenoxy) is 2. The number of thioether (sulfide) groups is 1. The first-order chi connectivity index (χ1) is 14.4. The van der Waals surface area contributed by atoms with E-state index < -0.39 is 4.75 Å². The summed E-state index contributed by atoms with van der Waals surface area (Å²) in [5, 5.41) is 9.33. The number of carbonyl (C=O) groups excluding carboxylic acids is 1. The third kappa shape index (κ3) is 5.86. The quantitative estimate of drug-likeness (QED) is 0.307. The first-order valence-electron chi connectivity index (χ1n) is 9.59. The van der Waals surface area contributed by atoms with Gasteiger partial charge in [-0.25, -0.2) is 0 Å². The van der Waals surface area contributed by atoms with Crippen LogP contribution in [0.5, 0.6) is 5.75 Å². The summed E-state index contributed by atoms with van der Waals surface area (Å²) >= 11 is 4.76. The highest BCUT2D eigenvalue weighted by atomic mass is 79.9. The van der Waals surface area contributed by atoms with E-state index in [9.17, 15) is 4.79 Å². The highest BCUT2D eigenvalue weighted by Crippen LogP contribution is 2.33. The molecule has 2 aromatic carbocycles. The maximum Gasteiger partial charge on any atom is 0.322 e. The number of carbonyl (C=O) groups is 1. The molecule has 3 rings (SSSR count). The lowest BCUT2D eigenvalue weighted by Gasteiger charge is -2.21. The van der Waals surface area contributed by atoms with Crippen molar-refractivity contribution in [2.75, 3.05) is 6.61 Å². The fourth-order valence-corrected chi connectivity index (χ4v) is 3.90. The molecule has 158 valence electrons. The second-order valence-corrected chi connectivity index (χ2v) is 9.55. The third-order valence-corrected chi connectivity index (χ3v) is 5.96. The highest BCUT2D eigenvalue weighted by Gasteiger charge is 2.33. The Morgan fingerprint density at radius 3 is 2.47 bits per heavy atom. The smallest absolute Gasteiger partial charge is 0.322 e. The molecule has 1 aromatic heterocycles. The number of nitrogens with zero attached hydrogens (tertiary/aromatic N) is 3. The van der Waals surface area contributed by atoms with Crippen LogP contribution >= 0.6 is 27.7 Å². The van der Waals surface area contributed by atoms with E-state index in [1.807, 2.05) is 73.0 Å². The summed E-state index contributed by atoms with van der Waals surface area (Å²) in [5.41, 5.74) is 1.11. The van der Waals surface area contributed by atoms with Gasteiger partial charge in [-0.3, -0.25) is 9.36 Å². The minimum absolute atomic E-state index is 0.266. The van der Waals surface area contributed by atoms with Gasteiger partial charge < -0.3 is 9.47 Å². The lowest BCUT2D eigenvalue weighted by molar-refractivity contribution is -0.145. The van der Waals surface area contributed by atoms with Crippen LogP contribution in [0.4, 0.5) is 0 Å². The summed E-state index contributed by atoms with van der Waals surface area (Å²) in [6.45, 7) is 6.64. The number of hydrogen-bond donors (Lipinski definition) is 0. The van der Waals surface area contributed by atoms with E-state index in [4.69, 9.17) is 9.47 Å². The van der Waals surface area contributed by atoms with Gasteiger partial charge in [0.05, 0.1) is 13.2 Å². The summed E-state index contributed by atoms with van der Waals surface area (Å²) in [7, 11) is 0. The molecule has 0 spiro atoms. The van der Waals surface area contributed by atoms with E-state index in [0.29, 0.717) is 24.1 Å². The number of esters is 1. The van der Waals surface area contributed by atoms with Crippen LogP contribution < -0.4 is 4.74 Å². The average molecular weight is 490 g/mol. The monoisotopic (exact) mass is 489 g/mol. The molecule has 0 unspecified atom stereocenters. The van der Waals surface area contributed by atoms with Crippen LogP contribution in [0.15, 0.2) is 64.2 Å². The lowest BCUT2D eigenvalue weighted by Crippen LogP contribution is -2.30. The molecule has 3 aromatic rings. The summed E-state index contributed by atoms with van der Waals surface area (Å²) in [6.07, 6.45) is 0. The molecule has 0 atom stereocenters. The SMILES string of the molecule is CCOC(=O)C(C)(C)Sc1nnc(COc2ccc(Br)cc2)n1Cc1ccccc1. The minimum Gasteiger partial charge on any atom is -0.486 e. The molecule has 0 fully saturated rings. The molecule has 30 heavy (non-hydrogen) atoms. The maximum atomic E-state index is 12.4. The van der Waals surface area contributed by atoms with Gasteiger partial charge in [0.2, 0.25) is 0 Å². The van der Waals surface area contributed by atoms with Crippen LogP contribution in [0.2, 0.25) is 0 Å². The highest BCUT2D eigenvalue weighted by molar-refractivity contribution is 9.10. The molecular weight excluding hydrogens is 466 g/mol. The fourth-order valence-electron chi connectivity index (χ4n) is 2.68. The lowest BCUT2D eigenvalue weighted by atomic mass is 10.2. The molecule has 0 radical (unpaired) electrons. The average Bonchev–Trinajstić information content (AvgIpc) is 3.09. The van der Waals surface area contributed by atoms with E-state index in [0.717, 1.165) is 15.8 Å². The summed E-state index contributed by atoms with van der Waals surface area (Å²) < 4.78 is 13.3. The topological polar surface area (TPSA) is 66.2 Å². The van der Waals surface area contributed by atoms with E-state index >= 15 is 0 Å². The van der Waals surface area contributed by atoms with Crippen molar-refractivity contribution >= 4 is 33.7 Å². The summed E-state index contributed by atoms with van der Waals surface area (Å²) in [5.74, 6) is 1.15. The van der Waals surface area contributed by atoms with Gasteiger partial charge in [0.15, 0.2) is 11.0 Å². The van der Waals surface area contributed by atoms with Gasteiger partial charge in [-0.05, 0) is 50.6 Å². The van der Waals surface area contributed by atoms with Crippen LogP contribution in [0.3, 0.4) is 0 Å². The van der Waals surface area contributed by atoms with Crippen LogP contribution in [0, 0.1) is 0 Å². The minimum atomic E-state index is -0.790. The Hall–Kier alpha value is -2.32. The zero-order chi connectivity index (χ0) is 21.6. The summed E-state index contributed by atoms with van der Waals surface area (Å²) in [4.78, 5) is 12.4. The normalized spacial score (nSPS) is 11.3. The van der Waals surface area contributed by atoms with E-state index in [1.54, 1.807) is 6.92 Å². The molecule has 0 saturated carbocycles. The summed E-state index contributed by atoms with van der Waals surface area (Å²) in [6, 6.07) is 17.7. The molecule has 8 heteroatoms. The van der Waals surface area contributed by atoms with Gasteiger partial charge in [-0.2, -0.15) is 0 Å². The number of aromatic nitrogens is 3. The number of rotatable bonds is 9. The second-order valence-electron chi connectivity index (χ2n) is 7.05. The Bertz CT molecular complexity index is 975. The van der Waals surface area contributed by atoms with Crippen LogP contribution in [0.25, 0.3) is 0 Å². The molecule has 0 amide bonds. The van der Waals surface area contributed by atoms with Crippen LogP contribution in [-0.2, 0) is 22.7 Å². The van der Waals surface area contributed by atoms with Crippen molar-refractivity contribution in [2.45, 2.75) is 43.8 Å². The predicted molar refractivity (Wildman–Crippen MR) is 121 cm³/mol. The van der Waals surface area contributed by atoms with Crippen molar-refractivity contribution in [2.24, 2.45) is 0 Å². The Morgan fingerprint density at radius 1 is 1.10 bits per heavy atom. The van der Waals surface area contributed by atoms with Crippen molar-refractivity contribution in [1.82, 2.24) is 14.8 Å².